The van der Waals surface area contributed by atoms with E-state index in [-0.39, 0.29) is 24.1 Å². The molecule has 3 nitrogen and oxygen atoms in total. The molecule has 1 heterocycles. The van der Waals surface area contributed by atoms with E-state index < -0.39 is 0 Å². The van der Waals surface area contributed by atoms with E-state index >= 15 is 0 Å². The molecule has 2 N–H and O–H groups in total. The van der Waals surface area contributed by atoms with E-state index in [2.05, 4.69) is 10.6 Å². The molecule has 19 heavy (non-hydrogen) atoms. The summed E-state index contributed by atoms with van der Waals surface area (Å²) < 4.78 is 13.2. The fraction of sp³-hybridized carbons (Fsp3) is 0.500. The molecule has 1 saturated heterocycles. The highest BCUT2D eigenvalue weighted by atomic mass is 35.5. The minimum absolute atomic E-state index is 0. The summed E-state index contributed by atoms with van der Waals surface area (Å²) in [6, 6.07) is 4.40. The molecule has 0 aliphatic carbocycles. The minimum atomic E-state index is -0.362. The standard InChI is InChI=1S/C14H19FN2O.ClH/c1-10-5-12(7-13(15)6-10)14(18)17-9-11-3-2-4-16-8-11;/h5-7,11,16H,2-4,8-9H2,1H3,(H,17,18);1H. The van der Waals surface area contributed by atoms with Gasteiger partial charge in [0.15, 0.2) is 0 Å². The van der Waals surface area contributed by atoms with Gasteiger partial charge in [0.05, 0.1) is 0 Å². The Morgan fingerprint density at radius 2 is 2.26 bits per heavy atom. The van der Waals surface area contributed by atoms with Crippen LogP contribution in [0.5, 0.6) is 0 Å². The van der Waals surface area contributed by atoms with E-state index in [4.69, 9.17) is 0 Å². The van der Waals surface area contributed by atoms with Crippen LogP contribution in [0.2, 0.25) is 0 Å². The van der Waals surface area contributed by atoms with E-state index in [1.807, 2.05) is 0 Å². The predicted molar refractivity (Wildman–Crippen MR) is 76.3 cm³/mol. The third kappa shape index (κ3) is 4.80. The summed E-state index contributed by atoms with van der Waals surface area (Å²) in [6.45, 7) is 4.45. The van der Waals surface area contributed by atoms with Crippen LogP contribution in [0.3, 0.4) is 0 Å². The molecule has 106 valence electrons. The number of hydrogen-bond donors (Lipinski definition) is 2. The van der Waals surface area contributed by atoms with Crippen LogP contribution in [0.25, 0.3) is 0 Å². The molecule has 0 radical (unpaired) electrons. The number of rotatable bonds is 3. The van der Waals surface area contributed by atoms with Crippen LogP contribution in [0.15, 0.2) is 18.2 Å². The summed E-state index contributed by atoms with van der Waals surface area (Å²) >= 11 is 0. The van der Waals surface area contributed by atoms with Crippen molar-refractivity contribution in [1.82, 2.24) is 10.6 Å². The molecule has 2 rings (SSSR count). The first-order valence-electron chi connectivity index (χ1n) is 6.41. The Labute approximate surface area is 119 Å². The summed E-state index contributed by atoms with van der Waals surface area (Å²) in [5, 5.41) is 6.18. The van der Waals surface area contributed by atoms with Gasteiger partial charge in [-0.25, -0.2) is 4.39 Å². The molecule has 5 heteroatoms. The fourth-order valence-corrected chi connectivity index (χ4v) is 2.30. The van der Waals surface area contributed by atoms with E-state index in [1.165, 1.54) is 12.1 Å². The second kappa shape index (κ2) is 7.46. The third-order valence-corrected chi connectivity index (χ3v) is 3.25. The van der Waals surface area contributed by atoms with E-state index in [0.717, 1.165) is 31.5 Å². The van der Waals surface area contributed by atoms with Crippen molar-refractivity contribution < 1.29 is 9.18 Å². The maximum absolute atomic E-state index is 13.2. The van der Waals surface area contributed by atoms with E-state index in [9.17, 15) is 9.18 Å². The maximum atomic E-state index is 13.2. The second-order valence-electron chi connectivity index (χ2n) is 4.94. The summed E-state index contributed by atoms with van der Waals surface area (Å²) in [5.74, 6) is -0.0694. The van der Waals surface area contributed by atoms with E-state index in [0.29, 0.717) is 18.0 Å². The zero-order valence-electron chi connectivity index (χ0n) is 11.0. The second-order valence-corrected chi connectivity index (χ2v) is 4.94. The average molecular weight is 287 g/mol. The normalized spacial score (nSPS) is 18.5. The molecule has 1 aromatic rings. The Kier molecular flexibility index (Phi) is 6.25. The highest BCUT2D eigenvalue weighted by Gasteiger charge is 2.14. The lowest BCUT2D eigenvalue weighted by Crippen LogP contribution is -2.38. The van der Waals surface area contributed by atoms with Crippen LogP contribution in [0.1, 0.15) is 28.8 Å². The van der Waals surface area contributed by atoms with Gasteiger partial charge >= 0.3 is 0 Å². The molecule has 1 aromatic carbocycles. The van der Waals surface area contributed by atoms with Gasteiger partial charge in [-0.15, -0.1) is 12.4 Å². The molecular weight excluding hydrogens is 267 g/mol. The third-order valence-electron chi connectivity index (χ3n) is 3.25. The summed E-state index contributed by atoms with van der Waals surface area (Å²) in [4.78, 5) is 11.9. The van der Waals surface area contributed by atoms with Gasteiger partial charge in [0.2, 0.25) is 0 Å². The van der Waals surface area contributed by atoms with Crippen LogP contribution >= 0.6 is 12.4 Å². The van der Waals surface area contributed by atoms with Crippen molar-refractivity contribution >= 4 is 18.3 Å². The molecular formula is C14H20ClFN2O. The molecule has 1 aliphatic rings. The smallest absolute Gasteiger partial charge is 0.251 e. The summed E-state index contributed by atoms with van der Waals surface area (Å²) in [5.41, 5.74) is 1.16. The molecule has 0 spiro atoms. The highest BCUT2D eigenvalue weighted by Crippen LogP contribution is 2.10. The van der Waals surface area contributed by atoms with Gasteiger partial charge in [-0.1, -0.05) is 0 Å². The summed E-state index contributed by atoms with van der Waals surface area (Å²) in [7, 11) is 0. The van der Waals surface area contributed by atoms with Crippen molar-refractivity contribution in [2.75, 3.05) is 19.6 Å². The van der Waals surface area contributed by atoms with Gasteiger partial charge in [0.1, 0.15) is 5.82 Å². The lowest BCUT2D eigenvalue weighted by molar-refractivity contribution is 0.0944. The lowest BCUT2D eigenvalue weighted by atomic mass is 9.99. The molecule has 1 unspecified atom stereocenters. The average Bonchev–Trinajstić information content (AvgIpc) is 2.36. The van der Waals surface area contributed by atoms with Gasteiger partial charge in [0, 0.05) is 12.1 Å². The number of nitrogens with one attached hydrogen (secondary N) is 2. The first-order valence-corrected chi connectivity index (χ1v) is 6.41. The zero-order chi connectivity index (χ0) is 13.0. The molecule has 0 saturated carbocycles. The molecule has 0 aromatic heterocycles. The summed E-state index contributed by atoms with van der Waals surface area (Å²) in [6.07, 6.45) is 2.29. The Bertz CT molecular complexity index is 413. The number of carbonyl (C=O) groups excluding carboxylic acids is 1. The molecule has 1 amide bonds. The highest BCUT2D eigenvalue weighted by molar-refractivity contribution is 5.94. The molecule has 1 fully saturated rings. The first kappa shape index (κ1) is 15.9. The first-order chi connectivity index (χ1) is 8.65. The number of benzene rings is 1. The molecule has 1 aliphatic heterocycles. The van der Waals surface area contributed by atoms with Gasteiger partial charge in [-0.2, -0.15) is 0 Å². The zero-order valence-corrected chi connectivity index (χ0v) is 11.9. The van der Waals surface area contributed by atoms with Crippen molar-refractivity contribution in [3.63, 3.8) is 0 Å². The number of amides is 1. The number of hydrogen-bond acceptors (Lipinski definition) is 2. The lowest BCUT2D eigenvalue weighted by Gasteiger charge is -2.22. The predicted octanol–water partition coefficient (Wildman–Crippen LogP) is 2.29. The number of halogens is 2. The van der Waals surface area contributed by atoms with Crippen LogP contribution in [0, 0.1) is 18.7 Å². The minimum Gasteiger partial charge on any atom is -0.352 e. The molecule has 1 atom stereocenters. The number of carbonyl (C=O) groups is 1. The van der Waals surface area contributed by atoms with Crippen LogP contribution in [0.4, 0.5) is 4.39 Å². The van der Waals surface area contributed by atoms with Crippen molar-refractivity contribution in [1.29, 1.82) is 0 Å². The van der Waals surface area contributed by atoms with Crippen LogP contribution in [-0.4, -0.2) is 25.5 Å². The number of aryl methyl sites for hydroxylation is 1. The van der Waals surface area contributed by atoms with Crippen LogP contribution < -0.4 is 10.6 Å². The van der Waals surface area contributed by atoms with Gasteiger partial charge < -0.3 is 10.6 Å². The topological polar surface area (TPSA) is 41.1 Å². The van der Waals surface area contributed by atoms with E-state index in [1.54, 1.807) is 13.0 Å². The SMILES string of the molecule is Cc1cc(F)cc(C(=O)NCC2CCCNC2)c1.Cl. The molecule has 0 bridgehead atoms. The van der Waals surface area contributed by atoms with Crippen LogP contribution in [-0.2, 0) is 0 Å². The largest absolute Gasteiger partial charge is 0.352 e. The Morgan fingerprint density at radius 1 is 1.47 bits per heavy atom. The van der Waals surface area contributed by atoms with Gasteiger partial charge in [0.25, 0.3) is 5.91 Å². The van der Waals surface area contributed by atoms with Crippen molar-refractivity contribution in [2.24, 2.45) is 5.92 Å². The van der Waals surface area contributed by atoms with Gasteiger partial charge in [-0.3, -0.25) is 4.79 Å². The van der Waals surface area contributed by atoms with Crippen molar-refractivity contribution in [3.05, 3.63) is 35.1 Å². The Hall–Kier alpha value is -1.13. The van der Waals surface area contributed by atoms with Gasteiger partial charge in [-0.05, 0) is 62.5 Å². The van der Waals surface area contributed by atoms with Crippen molar-refractivity contribution in [3.8, 4) is 0 Å². The monoisotopic (exact) mass is 286 g/mol. The fourth-order valence-electron chi connectivity index (χ4n) is 2.30. The Morgan fingerprint density at radius 3 is 2.89 bits per heavy atom. The van der Waals surface area contributed by atoms with Crippen molar-refractivity contribution in [2.45, 2.75) is 19.8 Å². The quantitative estimate of drug-likeness (QED) is 0.895. The number of piperidine rings is 1. The Balaban J connectivity index is 0.00000180. The maximum Gasteiger partial charge on any atom is 0.251 e.